The molecule has 2 aromatic rings. The highest BCUT2D eigenvalue weighted by atomic mass is 35.5. The van der Waals surface area contributed by atoms with Gasteiger partial charge < -0.3 is 5.73 Å². The number of anilines is 1. The van der Waals surface area contributed by atoms with Crippen LogP contribution in [-0.2, 0) is 6.18 Å². The van der Waals surface area contributed by atoms with Gasteiger partial charge in [-0.1, -0.05) is 0 Å². The Morgan fingerprint density at radius 2 is 2.00 bits per heavy atom. The lowest BCUT2D eigenvalue weighted by molar-refractivity contribution is -0.142. The van der Waals surface area contributed by atoms with Crippen LogP contribution in [0.5, 0.6) is 0 Å². The van der Waals surface area contributed by atoms with Crippen LogP contribution in [0.3, 0.4) is 0 Å². The van der Waals surface area contributed by atoms with Gasteiger partial charge >= 0.3 is 6.18 Å². The van der Waals surface area contributed by atoms with Crippen molar-refractivity contribution in [2.75, 3.05) is 5.73 Å². The number of hydrogen-bond acceptors (Lipinski definition) is 4. The SMILES string of the molecule is Cl.Nc1cnn(-c2cccnn2)c1C(F)(F)F. The molecule has 0 radical (unpaired) electrons. The van der Waals surface area contributed by atoms with Crippen molar-refractivity contribution in [1.82, 2.24) is 20.0 Å². The molecule has 0 bridgehead atoms. The third-order valence-corrected chi connectivity index (χ3v) is 1.84. The first kappa shape index (κ1) is 13.2. The molecular weight excluding hydrogens is 259 g/mol. The first-order chi connectivity index (χ1) is 7.50. The predicted octanol–water partition coefficient (Wildman–Crippen LogP) is 1.69. The number of halogens is 4. The molecule has 92 valence electrons. The number of aromatic nitrogens is 4. The highest BCUT2D eigenvalue weighted by Gasteiger charge is 2.38. The fourth-order valence-corrected chi connectivity index (χ4v) is 1.22. The van der Waals surface area contributed by atoms with Crippen LogP contribution in [0.1, 0.15) is 5.69 Å². The lowest BCUT2D eigenvalue weighted by Gasteiger charge is -2.09. The average Bonchev–Trinajstić information content (AvgIpc) is 2.61. The summed E-state index contributed by atoms with van der Waals surface area (Å²) in [5.41, 5.74) is 3.72. The van der Waals surface area contributed by atoms with Gasteiger partial charge in [-0.25, -0.2) is 4.68 Å². The minimum absolute atomic E-state index is 0. The Hall–Kier alpha value is -1.83. The molecule has 0 aliphatic rings. The molecule has 0 spiro atoms. The molecule has 5 nitrogen and oxygen atoms in total. The molecule has 0 amide bonds. The Morgan fingerprint density at radius 3 is 2.53 bits per heavy atom. The van der Waals surface area contributed by atoms with E-state index in [2.05, 4.69) is 15.3 Å². The van der Waals surface area contributed by atoms with E-state index >= 15 is 0 Å². The Labute approximate surface area is 99.9 Å². The number of rotatable bonds is 1. The van der Waals surface area contributed by atoms with E-state index in [1.807, 2.05) is 0 Å². The zero-order valence-electron chi connectivity index (χ0n) is 8.22. The Balaban J connectivity index is 0.00000144. The van der Waals surface area contributed by atoms with Crippen molar-refractivity contribution in [3.05, 3.63) is 30.2 Å². The van der Waals surface area contributed by atoms with Crippen LogP contribution >= 0.6 is 12.4 Å². The molecule has 0 aromatic carbocycles. The van der Waals surface area contributed by atoms with Crippen LogP contribution in [0.15, 0.2) is 24.5 Å². The van der Waals surface area contributed by atoms with Crippen LogP contribution in [0.25, 0.3) is 5.82 Å². The monoisotopic (exact) mass is 265 g/mol. The minimum Gasteiger partial charge on any atom is -0.396 e. The predicted molar refractivity (Wildman–Crippen MR) is 55.8 cm³/mol. The second-order valence-electron chi connectivity index (χ2n) is 2.94. The van der Waals surface area contributed by atoms with Gasteiger partial charge in [0.2, 0.25) is 0 Å². The lowest BCUT2D eigenvalue weighted by atomic mass is 10.3. The molecule has 2 heterocycles. The zero-order valence-corrected chi connectivity index (χ0v) is 9.03. The van der Waals surface area contributed by atoms with Gasteiger partial charge in [-0.2, -0.15) is 23.4 Å². The maximum Gasteiger partial charge on any atom is 0.435 e. The summed E-state index contributed by atoms with van der Waals surface area (Å²) in [6.45, 7) is 0. The summed E-state index contributed by atoms with van der Waals surface area (Å²) in [6, 6.07) is 2.81. The van der Waals surface area contributed by atoms with Crippen molar-refractivity contribution < 1.29 is 13.2 Å². The van der Waals surface area contributed by atoms with Crippen molar-refractivity contribution in [1.29, 1.82) is 0 Å². The van der Waals surface area contributed by atoms with Gasteiger partial charge in [-0.15, -0.1) is 17.5 Å². The van der Waals surface area contributed by atoms with E-state index in [1.165, 1.54) is 18.3 Å². The summed E-state index contributed by atoms with van der Waals surface area (Å²) in [6.07, 6.45) is -2.31. The zero-order chi connectivity index (χ0) is 11.8. The fourth-order valence-electron chi connectivity index (χ4n) is 1.22. The summed E-state index contributed by atoms with van der Waals surface area (Å²) in [5.74, 6) is -0.0356. The molecule has 0 aliphatic heterocycles. The third kappa shape index (κ3) is 2.47. The number of nitrogen functional groups attached to an aromatic ring is 1. The average molecular weight is 266 g/mol. The molecular formula is C8H7ClF3N5. The number of nitrogens with two attached hydrogens (primary N) is 1. The molecule has 0 unspecified atom stereocenters. The molecule has 2 N–H and O–H groups in total. The van der Waals surface area contributed by atoms with Gasteiger partial charge in [-0.3, -0.25) is 0 Å². The highest BCUT2D eigenvalue weighted by Crippen LogP contribution is 2.34. The first-order valence-electron chi connectivity index (χ1n) is 4.19. The van der Waals surface area contributed by atoms with Crippen LogP contribution in [-0.4, -0.2) is 20.0 Å². The van der Waals surface area contributed by atoms with Crippen molar-refractivity contribution in [3.63, 3.8) is 0 Å². The maximum absolute atomic E-state index is 12.6. The number of alkyl halides is 3. The van der Waals surface area contributed by atoms with Crippen LogP contribution in [0.4, 0.5) is 18.9 Å². The lowest BCUT2D eigenvalue weighted by Crippen LogP contribution is -2.16. The summed E-state index contributed by atoms with van der Waals surface area (Å²) < 4.78 is 38.5. The van der Waals surface area contributed by atoms with E-state index in [4.69, 9.17) is 5.73 Å². The minimum atomic E-state index is -4.59. The van der Waals surface area contributed by atoms with Crippen molar-refractivity contribution in [2.24, 2.45) is 0 Å². The van der Waals surface area contributed by atoms with Crippen LogP contribution < -0.4 is 5.73 Å². The molecule has 2 aromatic heterocycles. The smallest absolute Gasteiger partial charge is 0.396 e. The quantitative estimate of drug-likeness (QED) is 0.852. The van der Waals surface area contributed by atoms with Crippen molar-refractivity contribution >= 4 is 18.1 Å². The summed E-state index contributed by atoms with van der Waals surface area (Å²) in [5, 5.41) is 10.5. The number of hydrogen-bond donors (Lipinski definition) is 1. The molecule has 0 atom stereocenters. The van der Waals surface area contributed by atoms with Crippen molar-refractivity contribution in [3.8, 4) is 5.82 Å². The first-order valence-corrected chi connectivity index (χ1v) is 4.19. The van der Waals surface area contributed by atoms with E-state index < -0.39 is 17.6 Å². The molecule has 17 heavy (non-hydrogen) atoms. The van der Waals surface area contributed by atoms with E-state index in [0.717, 1.165) is 6.20 Å². The van der Waals surface area contributed by atoms with Crippen LogP contribution in [0, 0.1) is 0 Å². The largest absolute Gasteiger partial charge is 0.435 e. The van der Waals surface area contributed by atoms with E-state index in [-0.39, 0.29) is 18.2 Å². The second kappa shape index (κ2) is 4.58. The van der Waals surface area contributed by atoms with Gasteiger partial charge in [0.15, 0.2) is 11.5 Å². The van der Waals surface area contributed by atoms with Gasteiger partial charge in [0.05, 0.1) is 11.9 Å². The molecule has 2 rings (SSSR count). The molecule has 0 fully saturated rings. The van der Waals surface area contributed by atoms with E-state index in [9.17, 15) is 13.2 Å². The van der Waals surface area contributed by atoms with E-state index in [0.29, 0.717) is 4.68 Å². The summed E-state index contributed by atoms with van der Waals surface area (Å²) in [7, 11) is 0. The summed E-state index contributed by atoms with van der Waals surface area (Å²) >= 11 is 0. The normalized spacial score (nSPS) is 11.0. The van der Waals surface area contributed by atoms with Gasteiger partial charge in [-0.05, 0) is 12.1 Å². The van der Waals surface area contributed by atoms with Gasteiger partial charge in [0.25, 0.3) is 0 Å². The standard InChI is InChI=1S/C8H6F3N5.ClH/c9-8(10,11)7-5(12)4-14-16(7)6-2-1-3-13-15-6;/h1-4H,12H2;1H. The highest BCUT2D eigenvalue weighted by molar-refractivity contribution is 5.85. The Morgan fingerprint density at radius 1 is 1.29 bits per heavy atom. The molecule has 0 aliphatic carbocycles. The van der Waals surface area contributed by atoms with E-state index in [1.54, 1.807) is 0 Å². The van der Waals surface area contributed by atoms with Crippen LogP contribution in [0.2, 0.25) is 0 Å². The summed E-state index contributed by atoms with van der Waals surface area (Å²) in [4.78, 5) is 0. The number of nitrogens with zero attached hydrogens (tertiary/aromatic N) is 4. The molecule has 0 saturated heterocycles. The van der Waals surface area contributed by atoms with Gasteiger partial charge in [0, 0.05) is 6.20 Å². The Bertz CT molecular complexity index is 496. The maximum atomic E-state index is 12.6. The molecule has 9 heteroatoms. The third-order valence-electron chi connectivity index (χ3n) is 1.84. The Kier molecular flexibility index (Phi) is 3.56. The van der Waals surface area contributed by atoms with Crippen molar-refractivity contribution in [2.45, 2.75) is 6.18 Å². The van der Waals surface area contributed by atoms with Gasteiger partial charge in [0.1, 0.15) is 0 Å². The fraction of sp³-hybridized carbons (Fsp3) is 0.125. The molecule has 0 saturated carbocycles. The topological polar surface area (TPSA) is 69.6 Å². The second-order valence-corrected chi connectivity index (χ2v) is 2.94.